The Labute approximate surface area is 132 Å². The largest absolute Gasteiger partial charge is 0.361 e. The molecule has 2 heterocycles. The predicted molar refractivity (Wildman–Crippen MR) is 88.1 cm³/mol. The summed E-state index contributed by atoms with van der Waals surface area (Å²) in [5.41, 5.74) is 3.70. The molecule has 0 atom stereocenters. The van der Waals surface area contributed by atoms with Crippen molar-refractivity contribution in [3.8, 4) is 11.1 Å². The summed E-state index contributed by atoms with van der Waals surface area (Å²) in [4.78, 5) is 13.0. The highest BCUT2D eigenvalue weighted by atomic mass is 32.1. The molecule has 0 radical (unpaired) electrons. The zero-order chi connectivity index (χ0) is 15.5. The Morgan fingerprint density at radius 1 is 1.23 bits per heavy atom. The summed E-state index contributed by atoms with van der Waals surface area (Å²) >= 11 is 1.59. The Morgan fingerprint density at radius 2 is 2.00 bits per heavy atom. The molecule has 0 saturated carbocycles. The van der Waals surface area contributed by atoms with Gasteiger partial charge in [0.05, 0.1) is 12.1 Å². The van der Waals surface area contributed by atoms with Gasteiger partial charge >= 0.3 is 0 Å². The molecule has 112 valence electrons. The number of hydrogen-bond donors (Lipinski definition) is 1. The molecule has 1 amide bonds. The van der Waals surface area contributed by atoms with E-state index in [9.17, 15) is 4.79 Å². The number of anilines is 1. The lowest BCUT2D eigenvalue weighted by Crippen LogP contribution is -2.13. The van der Waals surface area contributed by atoms with Gasteiger partial charge in [-0.1, -0.05) is 23.4 Å². The molecule has 0 fully saturated rings. The van der Waals surface area contributed by atoms with E-state index in [0.717, 1.165) is 33.1 Å². The molecule has 5 heteroatoms. The molecule has 0 aliphatic rings. The second kappa shape index (κ2) is 6.15. The molecular formula is C17H16N2O2S. The number of carbonyl (C=O) groups is 1. The van der Waals surface area contributed by atoms with Crippen LogP contribution < -0.4 is 5.32 Å². The van der Waals surface area contributed by atoms with Crippen LogP contribution >= 0.6 is 11.3 Å². The fourth-order valence-electron chi connectivity index (χ4n) is 2.39. The Morgan fingerprint density at radius 3 is 2.59 bits per heavy atom. The molecule has 22 heavy (non-hydrogen) atoms. The van der Waals surface area contributed by atoms with Gasteiger partial charge in [-0.25, -0.2) is 0 Å². The maximum Gasteiger partial charge on any atom is 0.229 e. The van der Waals surface area contributed by atoms with Crippen molar-refractivity contribution < 1.29 is 9.32 Å². The first-order chi connectivity index (χ1) is 10.6. The molecule has 4 nitrogen and oxygen atoms in total. The van der Waals surface area contributed by atoms with E-state index >= 15 is 0 Å². The van der Waals surface area contributed by atoms with E-state index in [0.29, 0.717) is 6.42 Å². The highest BCUT2D eigenvalue weighted by Crippen LogP contribution is 2.27. The monoisotopic (exact) mass is 312 g/mol. The van der Waals surface area contributed by atoms with Gasteiger partial charge in [-0.05, 0) is 43.0 Å². The summed E-state index contributed by atoms with van der Waals surface area (Å²) in [5, 5.41) is 8.85. The fourth-order valence-corrected chi connectivity index (χ4v) is 3.10. The molecule has 0 spiro atoms. The number of thiophene rings is 1. The topological polar surface area (TPSA) is 55.1 Å². The minimum Gasteiger partial charge on any atom is -0.361 e. The number of aromatic nitrogens is 1. The normalized spacial score (nSPS) is 10.6. The highest BCUT2D eigenvalue weighted by Gasteiger charge is 2.11. The minimum absolute atomic E-state index is 0.00691. The van der Waals surface area contributed by atoms with E-state index in [-0.39, 0.29) is 5.91 Å². The van der Waals surface area contributed by atoms with E-state index in [2.05, 4.69) is 10.5 Å². The van der Waals surface area contributed by atoms with Crippen LogP contribution in [-0.2, 0) is 11.2 Å². The van der Waals surface area contributed by atoms with E-state index < -0.39 is 0 Å². The Bertz CT molecular complexity index is 754. The van der Waals surface area contributed by atoms with Gasteiger partial charge in [0.2, 0.25) is 5.91 Å². The summed E-state index contributed by atoms with van der Waals surface area (Å²) in [6, 6.07) is 11.6. The van der Waals surface area contributed by atoms with Crippen LogP contribution in [0.2, 0.25) is 0 Å². The molecule has 0 aliphatic carbocycles. The van der Waals surface area contributed by atoms with Crippen LogP contribution in [0.1, 0.15) is 16.3 Å². The maximum absolute atomic E-state index is 12.0. The third-order valence-electron chi connectivity index (χ3n) is 3.41. The molecule has 0 aliphatic heterocycles. The van der Waals surface area contributed by atoms with E-state index in [1.165, 1.54) is 0 Å². The van der Waals surface area contributed by atoms with Crippen LogP contribution in [-0.4, -0.2) is 11.1 Å². The number of nitrogens with zero attached hydrogens (tertiary/aromatic N) is 1. The number of hydrogen-bond acceptors (Lipinski definition) is 4. The number of benzene rings is 1. The zero-order valence-electron chi connectivity index (χ0n) is 12.4. The molecule has 3 rings (SSSR count). The Balaban J connectivity index is 1.71. The quantitative estimate of drug-likeness (QED) is 0.785. The van der Waals surface area contributed by atoms with Crippen molar-refractivity contribution in [3.05, 3.63) is 58.1 Å². The fraction of sp³-hybridized carbons (Fsp3) is 0.176. The molecule has 3 aromatic rings. The molecule has 0 bridgehead atoms. The van der Waals surface area contributed by atoms with Gasteiger partial charge in [-0.2, -0.15) is 0 Å². The standard InChI is InChI=1S/C17H16N2O2S/c1-11-17(12(2)21-19-11)13-5-7-14(8-6-13)18-16(20)10-15-4-3-9-22-15/h3-9H,10H2,1-2H3,(H,18,20). The van der Waals surface area contributed by atoms with E-state index in [4.69, 9.17) is 4.52 Å². The van der Waals surface area contributed by atoms with Crippen LogP contribution in [0.15, 0.2) is 46.3 Å². The van der Waals surface area contributed by atoms with Gasteiger partial charge in [-0.3, -0.25) is 4.79 Å². The number of rotatable bonds is 4. The Kier molecular flexibility index (Phi) is 4.06. The number of amides is 1. The molecule has 0 saturated heterocycles. The molecule has 1 aromatic carbocycles. The second-order valence-corrected chi connectivity index (χ2v) is 6.11. The average molecular weight is 312 g/mol. The number of nitrogens with one attached hydrogen (secondary N) is 1. The third-order valence-corrected chi connectivity index (χ3v) is 4.28. The lowest BCUT2D eigenvalue weighted by atomic mass is 10.0. The van der Waals surface area contributed by atoms with Crippen molar-refractivity contribution in [2.45, 2.75) is 20.3 Å². The van der Waals surface area contributed by atoms with Crippen molar-refractivity contribution in [3.63, 3.8) is 0 Å². The van der Waals surface area contributed by atoms with Crippen LogP contribution in [0, 0.1) is 13.8 Å². The first kappa shape index (κ1) is 14.5. The van der Waals surface area contributed by atoms with Crippen molar-refractivity contribution >= 4 is 22.9 Å². The number of carbonyl (C=O) groups excluding carboxylic acids is 1. The third kappa shape index (κ3) is 3.09. The van der Waals surface area contributed by atoms with Crippen LogP contribution in [0.3, 0.4) is 0 Å². The lowest BCUT2D eigenvalue weighted by molar-refractivity contribution is -0.115. The van der Waals surface area contributed by atoms with E-state index in [1.54, 1.807) is 11.3 Å². The van der Waals surface area contributed by atoms with Crippen LogP contribution in [0.4, 0.5) is 5.69 Å². The zero-order valence-corrected chi connectivity index (χ0v) is 13.2. The van der Waals surface area contributed by atoms with Gasteiger partial charge in [0.1, 0.15) is 5.76 Å². The second-order valence-electron chi connectivity index (χ2n) is 5.08. The molecular weight excluding hydrogens is 296 g/mol. The van der Waals surface area contributed by atoms with Gasteiger partial charge < -0.3 is 9.84 Å². The summed E-state index contributed by atoms with van der Waals surface area (Å²) in [6.07, 6.45) is 0.406. The lowest BCUT2D eigenvalue weighted by Gasteiger charge is -2.06. The molecule has 1 N–H and O–H groups in total. The van der Waals surface area contributed by atoms with E-state index in [1.807, 2.05) is 55.6 Å². The molecule has 2 aromatic heterocycles. The van der Waals surface area contributed by atoms with Gasteiger partial charge in [0, 0.05) is 16.1 Å². The average Bonchev–Trinajstić information content (AvgIpc) is 3.10. The summed E-state index contributed by atoms with van der Waals surface area (Å²) in [7, 11) is 0. The highest BCUT2D eigenvalue weighted by molar-refractivity contribution is 7.10. The van der Waals surface area contributed by atoms with Gasteiger partial charge in [0.25, 0.3) is 0 Å². The van der Waals surface area contributed by atoms with Crippen molar-refractivity contribution in [1.29, 1.82) is 0 Å². The molecule has 0 unspecified atom stereocenters. The summed E-state index contributed by atoms with van der Waals surface area (Å²) in [6.45, 7) is 3.81. The van der Waals surface area contributed by atoms with Gasteiger partial charge in [-0.15, -0.1) is 11.3 Å². The van der Waals surface area contributed by atoms with Gasteiger partial charge in [0.15, 0.2) is 0 Å². The van der Waals surface area contributed by atoms with Crippen molar-refractivity contribution in [2.24, 2.45) is 0 Å². The first-order valence-corrected chi connectivity index (χ1v) is 7.87. The maximum atomic E-state index is 12.0. The first-order valence-electron chi connectivity index (χ1n) is 6.99. The predicted octanol–water partition coefficient (Wildman–Crippen LogP) is 4.20. The van der Waals surface area contributed by atoms with Crippen molar-refractivity contribution in [1.82, 2.24) is 5.16 Å². The SMILES string of the molecule is Cc1noc(C)c1-c1ccc(NC(=O)Cc2cccs2)cc1. The van der Waals surface area contributed by atoms with Crippen LogP contribution in [0.25, 0.3) is 11.1 Å². The smallest absolute Gasteiger partial charge is 0.229 e. The summed E-state index contributed by atoms with van der Waals surface area (Å²) in [5.74, 6) is 0.791. The van der Waals surface area contributed by atoms with Crippen LogP contribution in [0.5, 0.6) is 0 Å². The Hall–Kier alpha value is -2.40. The van der Waals surface area contributed by atoms with Crippen molar-refractivity contribution in [2.75, 3.05) is 5.32 Å². The summed E-state index contributed by atoms with van der Waals surface area (Å²) < 4.78 is 5.18. The minimum atomic E-state index is -0.00691. The number of aryl methyl sites for hydroxylation is 2.